The molecule has 0 saturated carbocycles. The van der Waals surface area contributed by atoms with Crippen molar-refractivity contribution in [2.24, 2.45) is 10.8 Å². The molecule has 2 atom stereocenters. The third-order valence-corrected chi connectivity index (χ3v) is 6.59. The molecule has 21 heavy (non-hydrogen) atoms. The van der Waals surface area contributed by atoms with Crippen LogP contribution in [-0.2, 0) is 19.0 Å². The summed E-state index contributed by atoms with van der Waals surface area (Å²) in [6, 6.07) is 0. The van der Waals surface area contributed by atoms with Crippen molar-refractivity contribution < 1.29 is 19.0 Å². The minimum absolute atomic E-state index is 0.299. The predicted octanol–water partition coefficient (Wildman–Crippen LogP) is 3.35. The molecule has 0 aromatic rings. The maximum absolute atomic E-state index is 12.4. The fraction of sp³-hybridized carbons (Fsp3) is 0.824. The van der Waals surface area contributed by atoms with Crippen LogP contribution in [0.3, 0.4) is 0 Å². The molecule has 1 rings (SSSR count). The molecule has 0 spiro atoms. The van der Waals surface area contributed by atoms with Crippen LogP contribution in [0, 0.1) is 10.8 Å². The molecule has 0 aromatic carbocycles. The standard InChI is InChI=1S/C17H30O4/c1-11-12(13(18)19-8)14(2,3)15(4,5)17(7,21-10)16(11,6)20-9/h1-10H3/t16-,17+/m1/s1. The second-order valence-corrected chi connectivity index (χ2v) is 7.22. The van der Waals surface area contributed by atoms with Crippen LogP contribution in [0.5, 0.6) is 0 Å². The number of rotatable bonds is 3. The maximum atomic E-state index is 12.4. The Bertz CT molecular complexity index is 475. The van der Waals surface area contributed by atoms with Crippen LogP contribution in [0.25, 0.3) is 0 Å². The second kappa shape index (κ2) is 5.10. The van der Waals surface area contributed by atoms with Gasteiger partial charge in [-0.2, -0.15) is 0 Å². The minimum atomic E-state index is -0.718. The van der Waals surface area contributed by atoms with Gasteiger partial charge in [0.2, 0.25) is 0 Å². The summed E-state index contributed by atoms with van der Waals surface area (Å²) >= 11 is 0. The van der Waals surface area contributed by atoms with E-state index in [1.165, 1.54) is 7.11 Å². The fourth-order valence-electron chi connectivity index (χ4n) is 3.88. The number of carbonyl (C=O) groups is 1. The highest BCUT2D eigenvalue weighted by Gasteiger charge is 2.67. The number of ether oxygens (including phenoxy) is 3. The van der Waals surface area contributed by atoms with Gasteiger partial charge in [0.15, 0.2) is 0 Å². The number of carbonyl (C=O) groups excluding carboxylic acids is 1. The van der Waals surface area contributed by atoms with E-state index < -0.39 is 16.6 Å². The Morgan fingerprint density at radius 1 is 0.905 bits per heavy atom. The van der Waals surface area contributed by atoms with E-state index in [0.717, 1.165) is 5.57 Å². The first-order valence-corrected chi connectivity index (χ1v) is 7.29. The Kier molecular flexibility index (Phi) is 4.41. The number of hydrogen-bond acceptors (Lipinski definition) is 4. The molecule has 0 unspecified atom stereocenters. The van der Waals surface area contributed by atoms with Crippen molar-refractivity contribution in [3.63, 3.8) is 0 Å². The summed E-state index contributed by atoms with van der Waals surface area (Å²) in [5.41, 5.74) is -0.556. The van der Waals surface area contributed by atoms with Crippen molar-refractivity contribution in [2.45, 2.75) is 59.7 Å². The van der Waals surface area contributed by atoms with Gasteiger partial charge in [0.25, 0.3) is 0 Å². The van der Waals surface area contributed by atoms with Crippen LogP contribution in [0.4, 0.5) is 0 Å². The number of methoxy groups -OCH3 is 3. The highest BCUT2D eigenvalue weighted by atomic mass is 16.6. The van der Waals surface area contributed by atoms with Crippen LogP contribution in [0.1, 0.15) is 48.5 Å². The zero-order chi connectivity index (χ0) is 16.9. The molecule has 4 heteroatoms. The van der Waals surface area contributed by atoms with E-state index in [1.807, 2.05) is 13.8 Å². The summed E-state index contributed by atoms with van der Waals surface area (Å²) in [5, 5.41) is 0. The van der Waals surface area contributed by atoms with Crippen LogP contribution >= 0.6 is 0 Å². The molecule has 0 amide bonds. The van der Waals surface area contributed by atoms with Gasteiger partial charge in [-0.3, -0.25) is 0 Å². The lowest BCUT2D eigenvalue weighted by Crippen LogP contribution is -2.69. The van der Waals surface area contributed by atoms with E-state index in [-0.39, 0.29) is 11.4 Å². The Morgan fingerprint density at radius 2 is 1.38 bits per heavy atom. The smallest absolute Gasteiger partial charge is 0.334 e. The normalized spacial score (nSPS) is 34.8. The van der Waals surface area contributed by atoms with E-state index in [2.05, 4.69) is 34.6 Å². The van der Waals surface area contributed by atoms with Gasteiger partial charge in [-0.15, -0.1) is 0 Å². The molecule has 0 heterocycles. The summed E-state index contributed by atoms with van der Waals surface area (Å²) in [7, 11) is 4.77. The monoisotopic (exact) mass is 298 g/mol. The lowest BCUT2D eigenvalue weighted by atomic mass is 9.47. The van der Waals surface area contributed by atoms with Crippen LogP contribution in [0.15, 0.2) is 11.1 Å². The zero-order valence-corrected chi connectivity index (χ0v) is 15.1. The van der Waals surface area contributed by atoms with Crippen LogP contribution < -0.4 is 0 Å². The molecule has 0 bridgehead atoms. The molecule has 122 valence electrons. The van der Waals surface area contributed by atoms with Gasteiger partial charge in [-0.25, -0.2) is 4.79 Å². The first-order chi connectivity index (χ1) is 9.39. The molecular formula is C17H30O4. The predicted molar refractivity (Wildman–Crippen MR) is 83.1 cm³/mol. The Balaban J connectivity index is 3.86. The summed E-state index contributed by atoms with van der Waals surface area (Å²) in [6.45, 7) is 14.3. The quantitative estimate of drug-likeness (QED) is 0.750. The van der Waals surface area contributed by atoms with Crippen molar-refractivity contribution >= 4 is 5.97 Å². The van der Waals surface area contributed by atoms with Crippen LogP contribution in [0.2, 0.25) is 0 Å². The van der Waals surface area contributed by atoms with Crippen molar-refractivity contribution in [1.29, 1.82) is 0 Å². The molecule has 1 aliphatic carbocycles. The summed E-state index contributed by atoms with van der Waals surface area (Å²) < 4.78 is 16.9. The fourth-order valence-corrected chi connectivity index (χ4v) is 3.88. The molecule has 4 nitrogen and oxygen atoms in total. The largest absolute Gasteiger partial charge is 0.466 e. The summed E-state index contributed by atoms with van der Waals surface area (Å²) in [6.07, 6.45) is 0. The highest BCUT2D eigenvalue weighted by molar-refractivity contribution is 5.92. The van der Waals surface area contributed by atoms with Gasteiger partial charge in [-0.05, 0) is 26.3 Å². The van der Waals surface area contributed by atoms with E-state index in [4.69, 9.17) is 14.2 Å². The van der Waals surface area contributed by atoms with Gasteiger partial charge >= 0.3 is 5.97 Å². The molecule has 1 aliphatic rings. The molecule has 0 fully saturated rings. The Morgan fingerprint density at radius 3 is 1.71 bits per heavy atom. The first kappa shape index (κ1) is 18.2. The number of hydrogen-bond donors (Lipinski definition) is 0. The SMILES string of the molecule is COC(=O)C1=C(C)[C@@](C)(OC)[C@@](C)(OC)C(C)(C)C1(C)C. The molecule has 0 N–H and O–H groups in total. The van der Waals surface area contributed by atoms with Crippen molar-refractivity contribution in [1.82, 2.24) is 0 Å². The first-order valence-electron chi connectivity index (χ1n) is 7.29. The van der Waals surface area contributed by atoms with Gasteiger partial charge in [0.1, 0.15) is 11.2 Å². The summed E-state index contributed by atoms with van der Waals surface area (Å²) in [4.78, 5) is 12.4. The minimum Gasteiger partial charge on any atom is -0.466 e. The van der Waals surface area contributed by atoms with Gasteiger partial charge < -0.3 is 14.2 Å². The topological polar surface area (TPSA) is 44.8 Å². The van der Waals surface area contributed by atoms with Gasteiger partial charge in [0, 0.05) is 30.6 Å². The third kappa shape index (κ3) is 1.92. The average molecular weight is 298 g/mol. The maximum Gasteiger partial charge on any atom is 0.334 e. The average Bonchev–Trinajstić information content (AvgIpc) is 2.43. The van der Waals surface area contributed by atoms with E-state index in [0.29, 0.717) is 5.57 Å². The van der Waals surface area contributed by atoms with E-state index in [9.17, 15) is 4.79 Å². The lowest BCUT2D eigenvalue weighted by Gasteiger charge is -2.63. The molecule has 0 saturated heterocycles. The molecule has 0 aromatic heterocycles. The highest BCUT2D eigenvalue weighted by Crippen LogP contribution is 2.62. The lowest BCUT2D eigenvalue weighted by molar-refractivity contribution is -0.235. The third-order valence-electron chi connectivity index (χ3n) is 6.59. The second-order valence-electron chi connectivity index (χ2n) is 7.22. The summed E-state index contributed by atoms with van der Waals surface area (Å²) in [5.74, 6) is -0.299. The zero-order valence-electron chi connectivity index (χ0n) is 15.1. The van der Waals surface area contributed by atoms with Crippen LogP contribution in [-0.4, -0.2) is 38.5 Å². The van der Waals surface area contributed by atoms with Crippen molar-refractivity contribution in [2.75, 3.05) is 21.3 Å². The van der Waals surface area contributed by atoms with E-state index in [1.54, 1.807) is 14.2 Å². The number of esters is 1. The van der Waals surface area contributed by atoms with Gasteiger partial charge in [0.05, 0.1) is 7.11 Å². The Labute approximate surface area is 128 Å². The van der Waals surface area contributed by atoms with E-state index >= 15 is 0 Å². The van der Waals surface area contributed by atoms with Crippen molar-refractivity contribution in [3.8, 4) is 0 Å². The molecular weight excluding hydrogens is 268 g/mol. The van der Waals surface area contributed by atoms with Crippen molar-refractivity contribution in [3.05, 3.63) is 11.1 Å². The molecule has 0 aliphatic heterocycles. The van der Waals surface area contributed by atoms with Gasteiger partial charge in [-0.1, -0.05) is 27.7 Å². The molecule has 0 radical (unpaired) electrons. The Hall–Kier alpha value is -0.870.